The van der Waals surface area contributed by atoms with Crippen LogP contribution in [0.3, 0.4) is 0 Å². The molecular weight excluding hydrogens is 386 g/mol. The van der Waals surface area contributed by atoms with Crippen LogP contribution < -0.4 is 5.32 Å². The van der Waals surface area contributed by atoms with E-state index in [4.69, 9.17) is 4.74 Å². The number of H-pyrrole nitrogens is 1. The minimum atomic E-state index is 0.187. The second kappa shape index (κ2) is 6.94. The number of rotatable bonds is 4. The molecule has 6 nitrogen and oxygen atoms in total. The van der Waals surface area contributed by atoms with Crippen molar-refractivity contribution in [3.63, 3.8) is 0 Å². The van der Waals surface area contributed by atoms with Crippen molar-refractivity contribution in [2.24, 2.45) is 11.8 Å². The topological polar surface area (TPSA) is 66.1 Å². The molecule has 4 aliphatic rings. The largest absolute Gasteiger partial charge is 0.381 e. The number of aromatic nitrogens is 3. The molecule has 7 rings (SSSR count). The lowest BCUT2D eigenvalue weighted by Gasteiger charge is -2.39. The molecule has 2 aliphatic heterocycles. The molecule has 158 valence electrons. The number of ether oxygens (including phenoxy) is 1. The van der Waals surface area contributed by atoms with Gasteiger partial charge in [0.15, 0.2) is 0 Å². The van der Waals surface area contributed by atoms with Crippen molar-refractivity contribution in [1.29, 1.82) is 0 Å². The monoisotopic (exact) mass is 413 g/mol. The summed E-state index contributed by atoms with van der Waals surface area (Å²) in [6.45, 7) is 4.12. The maximum atomic E-state index is 5.73. The van der Waals surface area contributed by atoms with Crippen molar-refractivity contribution in [3.05, 3.63) is 53.5 Å². The van der Waals surface area contributed by atoms with E-state index >= 15 is 0 Å². The Kier molecular flexibility index (Phi) is 4.03. The van der Waals surface area contributed by atoms with Gasteiger partial charge in [-0.15, -0.1) is 0 Å². The van der Waals surface area contributed by atoms with Crippen molar-refractivity contribution in [1.82, 2.24) is 19.9 Å². The molecule has 2 N–H and O–H groups in total. The van der Waals surface area contributed by atoms with Gasteiger partial charge >= 0.3 is 0 Å². The molecule has 0 radical (unpaired) electrons. The summed E-state index contributed by atoms with van der Waals surface area (Å²) in [6, 6.07) is 13.7. The summed E-state index contributed by atoms with van der Waals surface area (Å²) in [7, 11) is 0. The molecule has 3 fully saturated rings. The standard InChI is InChI=1S/C25H27N5O/c1-2-4-19-15(3-1)7-8-22(30-10-17-12-31-13-18(17)11-30)23(19)29-25-20-9-21(16-5-6-16)28-24(20)26-14-27-25/h2,4,9,14,16-18,22-23H,5-8,10-13H2,(H2,26,27,28,29). The van der Waals surface area contributed by atoms with E-state index < -0.39 is 0 Å². The molecule has 4 atom stereocenters. The molecule has 4 unspecified atom stereocenters. The highest BCUT2D eigenvalue weighted by Gasteiger charge is 2.43. The van der Waals surface area contributed by atoms with Gasteiger partial charge in [0.25, 0.3) is 0 Å². The third-order valence-electron chi connectivity index (χ3n) is 7.82. The molecule has 2 aliphatic carbocycles. The summed E-state index contributed by atoms with van der Waals surface area (Å²) < 4.78 is 5.73. The summed E-state index contributed by atoms with van der Waals surface area (Å²) in [6.07, 6.45) is 6.42. The molecule has 0 bridgehead atoms. The molecule has 1 saturated carbocycles. The fourth-order valence-corrected chi connectivity index (χ4v) is 6.00. The summed E-state index contributed by atoms with van der Waals surface area (Å²) in [4.78, 5) is 15.4. The van der Waals surface area contributed by atoms with E-state index in [0.29, 0.717) is 23.8 Å². The highest BCUT2D eigenvalue weighted by atomic mass is 16.5. The lowest BCUT2D eigenvalue weighted by Crippen LogP contribution is -2.44. The van der Waals surface area contributed by atoms with Crippen LogP contribution in [0.15, 0.2) is 24.5 Å². The highest BCUT2D eigenvalue weighted by molar-refractivity contribution is 5.88. The normalized spacial score (nSPS) is 30.2. The third-order valence-corrected chi connectivity index (χ3v) is 7.82. The van der Waals surface area contributed by atoms with Crippen molar-refractivity contribution in [3.8, 4) is 0 Å². The first-order valence-electron chi connectivity index (χ1n) is 11.7. The molecule has 6 heteroatoms. The van der Waals surface area contributed by atoms with E-state index in [1.54, 1.807) is 6.33 Å². The Balaban J connectivity index is 1.25. The highest BCUT2D eigenvalue weighted by Crippen LogP contribution is 2.42. The van der Waals surface area contributed by atoms with Gasteiger partial charge in [-0.05, 0) is 55.4 Å². The van der Waals surface area contributed by atoms with Crippen LogP contribution in [0.1, 0.15) is 48.0 Å². The van der Waals surface area contributed by atoms with Gasteiger partial charge in [0.2, 0.25) is 0 Å². The van der Waals surface area contributed by atoms with Gasteiger partial charge in [-0.2, -0.15) is 0 Å². The second-order valence-corrected chi connectivity index (χ2v) is 9.76. The van der Waals surface area contributed by atoms with Gasteiger partial charge < -0.3 is 15.0 Å². The first kappa shape index (κ1) is 18.0. The summed E-state index contributed by atoms with van der Waals surface area (Å²) >= 11 is 0. The number of fused-ring (bicyclic) bond motifs is 3. The molecule has 2 aromatic heterocycles. The summed E-state index contributed by atoms with van der Waals surface area (Å²) in [5.41, 5.74) is 4.87. The van der Waals surface area contributed by atoms with Gasteiger partial charge in [-0.25, -0.2) is 9.97 Å². The van der Waals surface area contributed by atoms with Crippen molar-refractivity contribution in [2.45, 2.75) is 43.7 Å². The van der Waals surface area contributed by atoms with Crippen molar-refractivity contribution < 1.29 is 4.74 Å². The molecule has 3 aromatic rings. The van der Waals surface area contributed by atoms with Gasteiger partial charge in [-0.3, -0.25) is 4.90 Å². The molecular formula is C25H27N5O. The number of aromatic amines is 1. The number of anilines is 1. The van der Waals surface area contributed by atoms with Crippen molar-refractivity contribution in [2.75, 3.05) is 31.6 Å². The van der Waals surface area contributed by atoms with E-state index in [9.17, 15) is 0 Å². The zero-order valence-corrected chi connectivity index (χ0v) is 17.6. The van der Waals surface area contributed by atoms with Crippen LogP contribution in [0.4, 0.5) is 5.82 Å². The zero-order valence-electron chi connectivity index (χ0n) is 17.6. The van der Waals surface area contributed by atoms with Crippen molar-refractivity contribution >= 4 is 16.9 Å². The lowest BCUT2D eigenvalue weighted by atomic mass is 9.84. The van der Waals surface area contributed by atoms with Crippen LogP contribution in [0, 0.1) is 24.0 Å². The molecule has 0 amide bonds. The molecule has 31 heavy (non-hydrogen) atoms. The van der Waals surface area contributed by atoms with E-state index in [0.717, 1.165) is 56.0 Å². The third kappa shape index (κ3) is 3.02. The van der Waals surface area contributed by atoms with Gasteiger partial charge in [0, 0.05) is 42.2 Å². The Morgan fingerprint density at radius 2 is 2.00 bits per heavy atom. The number of nitrogens with one attached hydrogen (secondary N) is 2. The van der Waals surface area contributed by atoms with Crippen LogP contribution in [0.2, 0.25) is 0 Å². The quantitative estimate of drug-likeness (QED) is 0.686. The Hall–Kier alpha value is -2.62. The minimum Gasteiger partial charge on any atom is -0.381 e. The van der Waals surface area contributed by atoms with Gasteiger partial charge in [0.1, 0.15) is 17.8 Å². The van der Waals surface area contributed by atoms with Crippen LogP contribution >= 0.6 is 0 Å². The molecule has 1 aromatic carbocycles. The number of nitrogens with zero attached hydrogens (tertiary/aromatic N) is 3. The maximum absolute atomic E-state index is 5.73. The first-order chi connectivity index (χ1) is 15.3. The number of likely N-dealkylation sites (tertiary alicyclic amines) is 1. The first-order valence-corrected chi connectivity index (χ1v) is 11.7. The smallest absolute Gasteiger partial charge is 0.143 e. The Morgan fingerprint density at radius 1 is 1.13 bits per heavy atom. The van der Waals surface area contributed by atoms with Crippen LogP contribution in [0.5, 0.6) is 0 Å². The molecule has 2 saturated heterocycles. The van der Waals surface area contributed by atoms with Crippen LogP contribution in [0.25, 0.3) is 11.0 Å². The van der Waals surface area contributed by atoms with E-state index in [2.05, 4.69) is 49.4 Å². The average Bonchev–Trinajstić information content (AvgIpc) is 3.20. The predicted molar refractivity (Wildman–Crippen MR) is 118 cm³/mol. The van der Waals surface area contributed by atoms with E-state index in [-0.39, 0.29) is 6.04 Å². The minimum absolute atomic E-state index is 0.187. The molecule has 0 spiro atoms. The zero-order chi connectivity index (χ0) is 20.4. The van der Waals surface area contributed by atoms with Crippen LogP contribution in [-0.2, 0) is 11.2 Å². The van der Waals surface area contributed by atoms with Crippen LogP contribution in [-0.4, -0.2) is 52.2 Å². The Morgan fingerprint density at radius 3 is 2.84 bits per heavy atom. The second-order valence-electron chi connectivity index (χ2n) is 9.76. The van der Waals surface area contributed by atoms with E-state index in [1.807, 2.05) is 6.07 Å². The lowest BCUT2D eigenvalue weighted by molar-refractivity contribution is 0.127. The van der Waals surface area contributed by atoms with Gasteiger partial charge in [0.05, 0.1) is 24.6 Å². The number of hydrogen-bond acceptors (Lipinski definition) is 5. The SMILES string of the molecule is c1ccc2c(c#1)CCC(N1CC3COCC3C1)C2Nc1ncnc2[nH]c(C3CC3)cc12. The van der Waals surface area contributed by atoms with E-state index in [1.165, 1.54) is 29.7 Å². The Bertz CT molecular complexity index is 1110. The fraction of sp³-hybridized carbons (Fsp3) is 0.520. The summed E-state index contributed by atoms with van der Waals surface area (Å²) in [5.74, 6) is 2.98. The summed E-state index contributed by atoms with van der Waals surface area (Å²) in [5, 5.41) is 4.97. The Labute approximate surface area is 182 Å². The maximum Gasteiger partial charge on any atom is 0.143 e. The fourth-order valence-electron chi connectivity index (χ4n) is 6.00. The van der Waals surface area contributed by atoms with Gasteiger partial charge in [-0.1, -0.05) is 12.1 Å². The number of hydrogen-bond donors (Lipinski definition) is 2. The average molecular weight is 414 g/mol. The predicted octanol–water partition coefficient (Wildman–Crippen LogP) is 3.48. The molecule has 4 heterocycles.